The number of methoxy groups -OCH3 is 2. The molecular formula is C59H92N6O13. The first-order valence-electron chi connectivity index (χ1n) is 28.5. The molecule has 5 amide bonds. The number of fused-ring (bicyclic) bond motifs is 1. The maximum absolute atomic E-state index is 14.8. The van der Waals surface area contributed by atoms with Crippen LogP contribution in [-0.4, -0.2) is 202 Å². The number of hydrogen-bond acceptors (Lipinski definition) is 14. The third kappa shape index (κ3) is 17.3. The second kappa shape index (κ2) is 31.8. The monoisotopic (exact) mass is 1090 g/mol. The summed E-state index contributed by atoms with van der Waals surface area (Å²) in [6, 6.07) is 6.57. The quantitative estimate of drug-likeness (QED) is 0.0628. The van der Waals surface area contributed by atoms with Crippen molar-refractivity contribution in [3.63, 3.8) is 0 Å². The fourth-order valence-electron chi connectivity index (χ4n) is 11.6. The molecule has 3 aliphatic rings. The predicted molar refractivity (Wildman–Crippen MR) is 296 cm³/mol. The molecule has 2 saturated heterocycles. The zero-order chi connectivity index (χ0) is 57.1. The van der Waals surface area contributed by atoms with Gasteiger partial charge in [0.25, 0.3) is 11.8 Å². The summed E-state index contributed by atoms with van der Waals surface area (Å²) in [5.41, 5.74) is 1.91. The van der Waals surface area contributed by atoms with Crippen LogP contribution in [0.3, 0.4) is 0 Å². The Balaban J connectivity index is 1.16. The molecular weight excluding hydrogens is 1000 g/mol. The lowest BCUT2D eigenvalue weighted by molar-refractivity contribution is -0.201. The number of imide groups is 1. The molecule has 5 rings (SSSR count). The number of hydroxylamine groups is 2. The number of benzene rings is 1. The van der Waals surface area contributed by atoms with E-state index in [2.05, 4.69) is 11.9 Å². The number of carbonyl (C=O) groups excluding carboxylic acids is 7. The van der Waals surface area contributed by atoms with Crippen molar-refractivity contribution < 1.29 is 62.1 Å². The minimum Gasteiger partial charge on any atom is -0.379 e. The minimum absolute atomic E-state index is 0.00511. The van der Waals surface area contributed by atoms with Gasteiger partial charge in [0, 0.05) is 94.8 Å². The summed E-state index contributed by atoms with van der Waals surface area (Å²) in [7, 11) is 6.80. The Labute approximate surface area is 463 Å². The van der Waals surface area contributed by atoms with Gasteiger partial charge in [0.2, 0.25) is 17.7 Å². The average Bonchev–Trinajstić information content (AvgIpc) is 4.17. The second-order valence-corrected chi connectivity index (χ2v) is 22.2. The Morgan fingerprint density at radius 2 is 1.45 bits per heavy atom. The normalized spacial score (nSPS) is 19.2. The molecule has 0 unspecified atom stereocenters. The van der Waals surface area contributed by atoms with Crippen molar-refractivity contribution in [3.05, 3.63) is 48.2 Å². The number of amides is 5. The first-order chi connectivity index (χ1) is 37.3. The van der Waals surface area contributed by atoms with Gasteiger partial charge in [-0.2, -0.15) is 0 Å². The summed E-state index contributed by atoms with van der Waals surface area (Å²) in [4.78, 5) is 111. The van der Waals surface area contributed by atoms with Gasteiger partial charge in [0.15, 0.2) is 5.78 Å². The largest absolute Gasteiger partial charge is 0.379 e. The van der Waals surface area contributed by atoms with Gasteiger partial charge in [-0.25, -0.2) is 5.06 Å². The Morgan fingerprint density at radius 1 is 0.782 bits per heavy atom. The minimum atomic E-state index is -0.670. The lowest BCUT2D eigenvalue weighted by atomic mass is 9.83. The van der Waals surface area contributed by atoms with E-state index in [4.69, 9.17) is 28.5 Å². The Morgan fingerprint density at radius 3 is 2.06 bits per heavy atom. The summed E-state index contributed by atoms with van der Waals surface area (Å²) in [6.45, 7) is 17.9. The number of likely N-dealkylation sites (tertiary alicyclic amines) is 1. The van der Waals surface area contributed by atoms with E-state index < -0.39 is 48.1 Å². The number of carbonyl (C=O) groups is 7. The third-order valence-corrected chi connectivity index (χ3v) is 16.2. The number of Topliss-reactive ketones (excluding diaryl/α,β-unsaturated/α-hetero) is 2. The molecule has 436 valence electrons. The number of nitrogens with one attached hydrogen (secondary N) is 1. The van der Waals surface area contributed by atoms with Gasteiger partial charge in [-0.3, -0.25) is 48.2 Å². The molecule has 0 radical (unpaired) electrons. The van der Waals surface area contributed by atoms with Crippen LogP contribution >= 0.6 is 0 Å². The van der Waals surface area contributed by atoms with Crippen molar-refractivity contribution in [3.8, 4) is 0 Å². The number of hydrogen-bond donors (Lipinski definition) is 1. The van der Waals surface area contributed by atoms with Crippen LogP contribution in [0.4, 0.5) is 0 Å². The van der Waals surface area contributed by atoms with Crippen molar-refractivity contribution in [1.29, 1.82) is 0 Å². The zero-order valence-corrected chi connectivity index (χ0v) is 48.6. The van der Waals surface area contributed by atoms with E-state index in [0.29, 0.717) is 78.5 Å². The maximum atomic E-state index is 14.8. The molecule has 1 aromatic heterocycles. The van der Waals surface area contributed by atoms with Gasteiger partial charge in [0.1, 0.15) is 5.78 Å². The summed E-state index contributed by atoms with van der Waals surface area (Å²) in [5.74, 6) is -3.54. The Bertz CT molecular complexity index is 2280. The first kappa shape index (κ1) is 63.9. The molecule has 0 spiro atoms. The van der Waals surface area contributed by atoms with E-state index in [1.807, 2.05) is 88.9 Å². The zero-order valence-electron chi connectivity index (χ0n) is 48.6. The van der Waals surface area contributed by atoms with E-state index in [0.717, 1.165) is 40.6 Å². The summed E-state index contributed by atoms with van der Waals surface area (Å²) in [6.07, 6.45) is 7.25. The van der Waals surface area contributed by atoms with Crippen molar-refractivity contribution in [2.45, 2.75) is 137 Å². The predicted octanol–water partition coefficient (Wildman–Crippen LogP) is 5.92. The van der Waals surface area contributed by atoms with Gasteiger partial charge in [0.05, 0.1) is 95.5 Å². The molecule has 1 N–H and O–H groups in total. The number of rotatable bonds is 35. The van der Waals surface area contributed by atoms with Gasteiger partial charge >= 0.3 is 0 Å². The van der Waals surface area contributed by atoms with Crippen LogP contribution in [0.2, 0.25) is 0 Å². The number of para-hydroxylation sites is 1. The Kier molecular flexibility index (Phi) is 26.1. The van der Waals surface area contributed by atoms with E-state index >= 15 is 0 Å². The maximum Gasteiger partial charge on any atom is 0.253 e. The molecule has 1 aromatic carbocycles. The number of aromatic amines is 1. The van der Waals surface area contributed by atoms with Gasteiger partial charge < -0.3 is 38.5 Å². The molecule has 0 bridgehead atoms. The van der Waals surface area contributed by atoms with Crippen LogP contribution in [0.25, 0.3) is 10.9 Å². The molecule has 0 aliphatic carbocycles. The molecule has 19 nitrogen and oxygen atoms in total. The molecule has 19 heteroatoms. The number of ketones is 2. The lowest BCUT2D eigenvalue weighted by Gasteiger charge is -2.41. The van der Waals surface area contributed by atoms with Crippen molar-refractivity contribution in [2.24, 2.45) is 35.5 Å². The lowest BCUT2D eigenvalue weighted by Crippen LogP contribution is -2.54. The average molecular weight is 1090 g/mol. The van der Waals surface area contributed by atoms with Crippen LogP contribution in [0.1, 0.15) is 105 Å². The fraction of sp³-hybridized carbons (Fsp3) is 0.712. The highest BCUT2D eigenvalue weighted by atomic mass is 16.7. The highest BCUT2D eigenvalue weighted by molar-refractivity contribution is 6.12. The summed E-state index contributed by atoms with van der Waals surface area (Å²) >= 11 is 0. The summed E-state index contributed by atoms with van der Waals surface area (Å²) < 4.78 is 29.2. The van der Waals surface area contributed by atoms with Gasteiger partial charge in [-0.05, 0) is 68.5 Å². The Hall–Kier alpha value is -4.89. The van der Waals surface area contributed by atoms with E-state index in [1.54, 1.807) is 26.2 Å². The van der Waals surface area contributed by atoms with Crippen molar-refractivity contribution in [1.82, 2.24) is 29.6 Å². The molecule has 2 fully saturated rings. The number of likely N-dealkylation sites (N-methyl/N-ethyl adjacent to an activating group) is 2. The smallest absolute Gasteiger partial charge is 0.253 e. The van der Waals surface area contributed by atoms with E-state index in [1.165, 1.54) is 17.2 Å². The summed E-state index contributed by atoms with van der Waals surface area (Å²) in [5, 5.41) is 2.43. The third-order valence-electron chi connectivity index (χ3n) is 16.2. The van der Waals surface area contributed by atoms with Crippen LogP contribution in [0, 0.1) is 35.5 Å². The van der Waals surface area contributed by atoms with Crippen LogP contribution in [-0.2, 0) is 68.5 Å². The molecule has 78 heavy (non-hydrogen) atoms. The fourth-order valence-corrected chi connectivity index (χ4v) is 11.6. The number of ether oxygens (including phenoxy) is 5. The number of H-pyrrole nitrogens is 1. The van der Waals surface area contributed by atoms with E-state index in [-0.39, 0.29) is 91.3 Å². The molecule has 3 aliphatic heterocycles. The highest BCUT2D eigenvalue weighted by Crippen LogP contribution is 2.33. The van der Waals surface area contributed by atoms with Crippen molar-refractivity contribution in [2.75, 3.05) is 101 Å². The molecule has 0 saturated carbocycles. The molecule has 2 aromatic rings. The molecule has 4 heterocycles. The van der Waals surface area contributed by atoms with Crippen LogP contribution < -0.4 is 0 Å². The SMILES string of the molecule is CC[C@H](C)[C@@H]([C@@H](CC(=O)N1CCC[C@H]1[C@H](OC)[C@@H](C)C(=O)C[C@@H](Cc1c[nH]c2ccccc12)C(=O)N1CCCCO1)OC)N(C)C(=O)[C@@H](CC(=O)[C@H](C(C)C)N(C)CCOCCOCCOCCN1C(=O)C=CC1=O)C(C)C. The highest BCUT2D eigenvalue weighted by Gasteiger charge is 2.44. The second-order valence-electron chi connectivity index (χ2n) is 22.2. The van der Waals surface area contributed by atoms with Crippen LogP contribution in [0.5, 0.6) is 0 Å². The van der Waals surface area contributed by atoms with Crippen molar-refractivity contribution >= 4 is 52.0 Å². The topological polar surface area (TPSA) is 207 Å². The standard InChI is InChI=1S/C59H92N6O13/c1-12-41(6)56(62(9)59(72)46(39(2)3)36-50(67)55(40(4)5)61(8)25-28-75-30-32-77-33-31-76-29-26-64-52(68)21-22-53(64)69)51(73-10)37-54(70)63-23-17-20-48(63)57(74-11)42(7)49(66)35-43(58(71)65-24-15-16-27-78-65)34-44-38-60-47-19-14-13-18-45(44)47/h13-14,18-19,21-22,38-43,46,48,51,55-57,60H,12,15-17,20,23-37H2,1-11H3/t41-,42-,43+,46-,48-,51+,55-,56-,57+/m0/s1. The van der Waals surface area contributed by atoms with E-state index in [9.17, 15) is 33.6 Å². The molecule has 9 atom stereocenters. The number of aromatic nitrogens is 1. The number of nitrogens with zero attached hydrogens (tertiary/aromatic N) is 5. The van der Waals surface area contributed by atoms with Gasteiger partial charge in [-0.15, -0.1) is 0 Å². The van der Waals surface area contributed by atoms with Gasteiger partial charge in [-0.1, -0.05) is 73.1 Å². The first-order valence-corrected chi connectivity index (χ1v) is 28.5. The van der Waals surface area contributed by atoms with Crippen LogP contribution in [0.15, 0.2) is 42.6 Å².